The summed E-state index contributed by atoms with van der Waals surface area (Å²) < 4.78 is 7.93. The molecular weight excluding hydrogens is 398 g/mol. The second-order valence-corrected chi connectivity index (χ2v) is 10.3. The molecule has 1 N–H and O–H groups in total. The van der Waals surface area contributed by atoms with E-state index < -0.39 is 0 Å². The molecule has 1 spiro atoms. The Morgan fingerprint density at radius 1 is 1.17 bits per heavy atom. The second kappa shape index (κ2) is 10.3. The van der Waals surface area contributed by atoms with E-state index >= 15 is 0 Å². The minimum absolute atomic E-state index is 0.421. The van der Waals surface area contributed by atoms with E-state index in [9.17, 15) is 0 Å². The summed E-state index contributed by atoms with van der Waals surface area (Å²) in [5.41, 5.74) is 0. The molecule has 8 nitrogen and oxygen atoms in total. The van der Waals surface area contributed by atoms with E-state index in [-0.39, 0.29) is 0 Å². The largest absolute Gasteiger partial charge is 0.379 e. The highest BCUT2D eigenvalue weighted by atomic mass is 32.2. The van der Waals surface area contributed by atoms with Gasteiger partial charge in [0, 0.05) is 56.8 Å². The summed E-state index contributed by atoms with van der Waals surface area (Å²) in [6, 6.07) is 0. The Morgan fingerprint density at radius 2 is 1.97 bits per heavy atom. The fourth-order valence-electron chi connectivity index (χ4n) is 4.68. The number of morpholine rings is 1. The maximum absolute atomic E-state index is 5.48. The van der Waals surface area contributed by atoms with E-state index in [0.29, 0.717) is 11.3 Å². The lowest BCUT2D eigenvalue weighted by molar-refractivity contribution is 0.0388. The first-order valence-corrected chi connectivity index (χ1v) is 12.5. The van der Waals surface area contributed by atoms with Gasteiger partial charge in [0.25, 0.3) is 0 Å². The summed E-state index contributed by atoms with van der Waals surface area (Å²) in [6.45, 7) is 10.4. The molecule has 9 heteroatoms. The zero-order chi connectivity index (χ0) is 20.8. The number of aromatic nitrogens is 3. The molecule has 1 aromatic heterocycles. The predicted octanol–water partition coefficient (Wildman–Crippen LogP) is 1.65. The number of nitrogens with zero attached hydrogens (tertiary/aromatic N) is 6. The zero-order valence-corrected chi connectivity index (χ0v) is 19.4. The van der Waals surface area contributed by atoms with Crippen LogP contribution in [0.2, 0.25) is 0 Å². The van der Waals surface area contributed by atoms with Gasteiger partial charge in [0.2, 0.25) is 0 Å². The number of hydrogen-bond acceptors (Lipinski definition) is 6. The Hall–Kier alpha value is -1.32. The van der Waals surface area contributed by atoms with Crippen LogP contribution in [0, 0.1) is 6.92 Å². The summed E-state index contributed by atoms with van der Waals surface area (Å²) in [7, 11) is 2.01. The Bertz CT molecular complexity index is 705. The number of nitrogens with one attached hydrogen (secondary N) is 1. The normalized spacial score (nSPS) is 23.1. The number of rotatable bonds is 5. The van der Waals surface area contributed by atoms with Crippen LogP contribution in [-0.4, -0.2) is 93.5 Å². The van der Waals surface area contributed by atoms with Gasteiger partial charge >= 0.3 is 0 Å². The van der Waals surface area contributed by atoms with E-state index in [2.05, 4.69) is 37.1 Å². The van der Waals surface area contributed by atoms with Crippen LogP contribution in [0.5, 0.6) is 0 Å². The van der Waals surface area contributed by atoms with E-state index in [1.807, 2.05) is 18.5 Å². The van der Waals surface area contributed by atoms with Crippen LogP contribution in [-0.2, 0) is 18.3 Å². The topological polar surface area (TPSA) is 70.8 Å². The fraction of sp³-hybridized carbons (Fsp3) is 0.857. The van der Waals surface area contributed by atoms with E-state index in [0.717, 1.165) is 70.1 Å². The summed E-state index contributed by atoms with van der Waals surface area (Å²) in [4.78, 5) is 9.98. The monoisotopic (exact) mass is 435 g/mol. The van der Waals surface area contributed by atoms with Crippen LogP contribution in [0.4, 0.5) is 0 Å². The van der Waals surface area contributed by atoms with Gasteiger partial charge in [0.05, 0.1) is 13.2 Å². The molecular formula is C21H37N7OS. The average molecular weight is 436 g/mol. The molecule has 0 bridgehead atoms. The third-order valence-electron chi connectivity index (χ3n) is 6.68. The number of hydrogen-bond donors (Lipinski definition) is 1. The standard InChI is InChI=1S/C21H37N7OS/c1-18-24-25-19(26(18)2)16-23-20(22-8-9-27-10-13-29-14-11-27)28-12-15-30-21(17-28)6-4-3-5-7-21/h3-17H2,1-2H3,(H,22,23). The molecule has 2 aliphatic heterocycles. The van der Waals surface area contributed by atoms with Crippen LogP contribution >= 0.6 is 11.8 Å². The Labute approximate surface area is 184 Å². The van der Waals surface area contributed by atoms with Gasteiger partial charge in [0.1, 0.15) is 12.4 Å². The number of thioether (sulfide) groups is 1. The summed E-state index contributed by atoms with van der Waals surface area (Å²) in [6.07, 6.45) is 6.83. The van der Waals surface area contributed by atoms with Gasteiger partial charge in [-0.1, -0.05) is 19.3 Å². The van der Waals surface area contributed by atoms with Crippen molar-refractivity contribution in [2.24, 2.45) is 12.0 Å². The molecule has 0 aromatic carbocycles. The van der Waals surface area contributed by atoms with Gasteiger partial charge in [-0.2, -0.15) is 11.8 Å². The molecule has 168 valence electrons. The highest BCUT2D eigenvalue weighted by Gasteiger charge is 2.38. The lowest BCUT2D eigenvalue weighted by Gasteiger charge is -2.45. The maximum Gasteiger partial charge on any atom is 0.194 e. The van der Waals surface area contributed by atoms with Gasteiger partial charge in [-0.05, 0) is 19.8 Å². The molecule has 3 fully saturated rings. The van der Waals surface area contributed by atoms with Crippen molar-refractivity contribution in [1.29, 1.82) is 0 Å². The number of ether oxygens (including phenoxy) is 1. The molecule has 30 heavy (non-hydrogen) atoms. The molecule has 0 radical (unpaired) electrons. The smallest absolute Gasteiger partial charge is 0.194 e. The van der Waals surface area contributed by atoms with Gasteiger partial charge in [-0.15, -0.1) is 10.2 Å². The average Bonchev–Trinajstić information content (AvgIpc) is 3.09. The SMILES string of the molecule is Cc1nnc(CN=C(NCCN2CCOCC2)N2CCSC3(CCCCC3)C2)n1C. The number of aliphatic imine (C=N–C) groups is 1. The molecule has 0 atom stereocenters. The Balaban J connectivity index is 1.42. The molecule has 3 heterocycles. The first kappa shape index (κ1) is 21.9. The second-order valence-electron chi connectivity index (χ2n) is 8.76. The van der Waals surface area contributed by atoms with E-state index in [1.165, 1.54) is 37.9 Å². The van der Waals surface area contributed by atoms with Crippen LogP contribution in [0.15, 0.2) is 4.99 Å². The van der Waals surface area contributed by atoms with E-state index in [4.69, 9.17) is 9.73 Å². The van der Waals surface area contributed by atoms with Crippen molar-refractivity contribution < 1.29 is 4.74 Å². The molecule has 1 aromatic rings. The summed E-state index contributed by atoms with van der Waals surface area (Å²) in [5.74, 6) is 4.07. The number of guanidine groups is 1. The van der Waals surface area contributed by atoms with Gasteiger partial charge in [-0.3, -0.25) is 4.90 Å². The van der Waals surface area contributed by atoms with Crippen molar-refractivity contribution >= 4 is 17.7 Å². The van der Waals surface area contributed by atoms with Crippen molar-refractivity contribution in [2.75, 3.05) is 58.2 Å². The van der Waals surface area contributed by atoms with E-state index in [1.54, 1.807) is 0 Å². The zero-order valence-electron chi connectivity index (χ0n) is 18.6. The van der Waals surface area contributed by atoms with Crippen LogP contribution in [0.3, 0.4) is 0 Å². The first-order valence-electron chi connectivity index (χ1n) is 11.5. The summed E-state index contributed by atoms with van der Waals surface area (Å²) in [5, 5.41) is 12.2. The molecule has 2 saturated heterocycles. The van der Waals surface area contributed by atoms with Crippen LogP contribution in [0.25, 0.3) is 0 Å². The van der Waals surface area contributed by atoms with Crippen molar-refractivity contribution in [2.45, 2.75) is 50.3 Å². The highest BCUT2D eigenvalue weighted by Crippen LogP contribution is 2.42. The van der Waals surface area contributed by atoms with Gasteiger partial charge in [0.15, 0.2) is 11.8 Å². The Morgan fingerprint density at radius 3 is 2.70 bits per heavy atom. The molecule has 1 aliphatic carbocycles. The lowest BCUT2D eigenvalue weighted by atomic mass is 9.87. The minimum Gasteiger partial charge on any atom is -0.379 e. The maximum atomic E-state index is 5.48. The highest BCUT2D eigenvalue weighted by molar-refractivity contribution is 8.00. The van der Waals surface area contributed by atoms with Crippen molar-refractivity contribution in [1.82, 2.24) is 29.9 Å². The van der Waals surface area contributed by atoms with Crippen LogP contribution in [0.1, 0.15) is 43.8 Å². The molecule has 3 aliphatic rings. The molecule has 0 unspecified atom stereocenters. The van der Waals surface area contributed by atoms with Crippen molar-refractivity contribution in [3.8, 4) is 0 Å². The summed E-state index contributed by atoms with van der Waals surface area (Å²) >= 11 is 2.20. The third kappa shape index (κ3) is 5.48. The van der Waals surface area contributed by atoms with Crippen LogP contribution < -0.4 is 5.32 Å². The van der Waals surface area contributed by atoms with Crippen molar-refractivity contribution in [3.63, 3.8) is 0 Å². The predicted molar refractivity (Wildman–Crippen MR) is 122 cm³/mol. The molecule has 4 rings (SSSR count). The first-order chi connectivity index (χ1) is 14.7. The Kier molecular flexibility index (Phi) is 7.54. The molecule has 0 amide bonds. The number of aryl methyl sites for hydroxylation is 1. The fourth-order valence-corrected chi connectivity index (χ4v) is 6.25. The third-order valence-corrected chi connectivity index (χ3v) is 8.22. The lowest BCUT2D eigenvalue weighted by Crippen LogP contribution is -2.54. The molecule has 1 saturated carbocycles. The van der Waals surface area contributed by atoms with Gasteiger partial charge in [-0.25, -0.2) is 4.99 Å². The van der Waals surface area contributed by atoms with Gasteiger partial charge < -0.3 is 19.5 Å². The quantitative estimate of drug-likeness (QED) is 0.557. The minimum atomic E-state index is 0.421. The van der Waals surface area contributed by atoms with Crippen molar-refractivity contribution in [3.05, 3.63) is 11.6 Å².